The van der Waals surface area contributed by atoms with Crippen LogP contribution in [0.2, 0.25) is 0 Å². The summed E-state index contributed by atoms with van der Waals surface area (Å²) in [6, 6.07) is 10.8. The molecule has 0 radical (unpaired) electrons. The summed E-state index contributed by atoms with van der Waals surface area (Å²) in [5, 5.41) is 0.651. The highest BCUT2D eigenvalue weighted by Crippen LogP contribution is 2.34. The lowest BCUT2D eigenvalue weighted by Crippen LogP contribution is -2.31. The van der Waals surface area contributed by atoms with Gasteiger partial charge in [0.15, 0.2) is 0 Å². The molecule has 1 aliphatic heterocycles. The molecule has 100 valence electrons. The second kappa shape index (κ2) is 7.85. The molecule has 1 heterocycles. The van der Waals surface area contributed by atoms with E-state index in [1.165, 1.54) is 43.4 Å². The Morgan fingerprint density at radius 3 is 2.83 bits per heavy atom. The van der Waals surface area contributed by atoms with Crippen molar-refractivity contribution in [2.75, 3.05) is 6.61 Å². The normalized spacial score (nSPS) is 24.1. The average Bonchev–Trinajstić information content (AvgIpc) is 2.42. The molecule has 0 aromatic heterocycles. The lowest BCUT2D eigenvalue weighted by atomic mass is 10.0. The van der Waals surface area contributed by atoms with Crippen molar-refractivity contribution < 1.29 is 4.74 Å². The van der Waals surface area contributed by atoms with Crippen LogP contribution >= 0.6 is 11.8 Å². The fourth-order valence-corrected chi connectivity index (χ4v) is 3.80. The molecule has 2 heteroatoms. The van der Waals surface area contributed by atoms with E-state index in [1.54, 1.807) is 0 Å². The summed E-state index contributed by atoms with van der Waals surface area (Å²) < 4.78 is 5.99. The van der Waals surface area contributed by atoms with Gasteiger partial charge in [-0.05, 0) is 31.4 Å². The summed E-state index contributed by atoms with van der Waals surface area (Å²) in [5.74, 6) is 0. The van der Waals surface area contributed by atoms with Crippen molar-refractivity contribution in [1.82, 2.24) is 0 Å². The standard InChI is InChI=1S/C16H24OS/c1-2-3-5-11-15-16(12-8-13-17-15)18-14-9-6-4-7-10-14/h4,6-7,9-10,15-16H,2-3,5,8,11-13H2,1H3. The highest BCUT2D eigenvalue weighted by molar-refractivity contribution is 8.00. The van der Waals surface area contributed by atoms with E-state index >= 15 is 0 Å². The fourth-order valence-electron chi connectivity index (χ4n) is 2.49. The van der Waals surface area contributed by atoms with Crippen molar-refractivity contribution in [3.8, 4) is 0 Å². The van der Waals surface area contributed by atoms with E-state index in [4.69, 9.17) is 4.74 Å². The second-order valence-electron chi connectivity index (χ2n) is 5.02. The number of benzene rings is 1. The van der Waals surface area contributed by atoms with E-state index < -0.39 is 0 Å². The van der Waals surface area contributed by atoms with Gasteiger partial charge in [-0.15, -0.1) is 11.8 Å². The molecule has 1 fully saturated rings. The van der Waals surface area contributed by atoms with Crippen molar-refractivity contribution in [3.05, 3.63) is 30.3 Å². The summed E-state index contributed by atoms with van der Waals surface area (Å²) in [5.41, 5.74) is 0. The Balaban J connectivity index is 1.87. The number of unbranched alkanes of at least 4 members (excludes halogenated alkanes) is 2. The van der Waals surface area contributed by atoms with Gasteiger partial charge < -0.3 is 4.74 Å². The lowest BCUT2D eigenvalue weighted by molar-refractivity contribution is 0.0149. The maximum atomic E-state index is 5.99. The Morgan fingerprint density at radius 1 is 1.22 bits per heavy atom. The zero-order valence-electron chi connectivity index (χ0n) is 11.3. The van der Waals surface area contributed by atoms with Crippen LogP contribution in [0.5, 0.6) is 0 Å². The number of rotatable bonds is 6. The van der Waals surface area contributed by atoms with Crippen LogP contribution < -0.4 is 0 Å². The van der Waals surface area contributed by atoms with Gasteiger partial charge in [0, 0.05) is 16.8 Å². The zero-order chi connectivity index (χ0) is 12.6. The van der Waals surface area contributed by atoms with Gasteiger partial charge in [-0.25, -0.2) is 0 Å². The monoisotopic (exact) mass is 264 g/mol. The summed E-state index contributed by atoms with van der Waals surface area (Å²) in [7, 11) is 0. The van der Waals surface area contributed by atoms with Crippen molar-refractivity contribution in [2.45, 2.75) is 61.7 Å². The Bertz CT molecular complexity index is 325. The van der Waals surface area contributed by atoms with E-state index in [0.717, 1.165) is 6.61 Å². The van der Waals surface area contributed by atoms with Crippen LogP contribution in [0.4, 0.5) is 0 Å². The van der Waals surface area contributed by atoms with Crippen LogP contribution in [0.3, 0.4) is 0 Å². The molecule has 0 bridgehead atoms. The summed E-state index contributed by atoms with van der Waals surface area (Å²) in [4.78, 5) is 1.38. The topological polar surface area (TPSA) is 9.23 Å². The van der Waals surface area contributed by atoms with Crippen molar-refractivity contribution in [1.29, 1.82) is 0 Å². The highest BCUT2D eigenvalue weighted by atomic mass is 32.2. The van der Waals surface area contributed by atoms with E-state index in [-0.39, 0.29) is 0 Å². The van der Waals surface area contributed by atoms with Crippen LogP contribution in [-0.2, 0) is 4.74 Å². The minimum Gasteiger partial charge on any atom is -0.377 e. The average molecular weight is 264 g/mol. The molecule has 2 rings (SSSR count). The first-order valence-electron chi connectivity index (χ1n) is 7.23. The molecule has 1 aromatic rings. The molecule has 1 nitrogen and oxygen atoms in total. The molecule has 0 amide bonds. The maximum Gasteiger partial charge on any atom is 0.0697 e. The summed E-state index contributed by atoms with van der Waals surface area (Å²) in [6.45, 7) is 3.22. The van der Waals surface area contributed by atoms with Crippen molar-refractivity contribution >= 4 is 11.8 Å². The van der Waals surface area contributed by atoms with Crippen molar-refractivity contribution in [3.63, 3.8) is 0 Å². The minimum atomic E-state index is 0.468. The van der Waals surface area contributed by atoms with E-state index in [1.807, 2.05) is 11.8 Å². The molecule has 0 aliphatic carbocycles. The van der Waals surface area contributed by atoms with Crippen LogP contribution in [0.25, 0.3) is 0 Å². The van der Waals surface area contributed by atoms with Gasteiger partial charge in [0.25, 0.3) is 0 Å². The number of hydrogen-bond acceptors (Lipinski definition) is 2. The molecular weight excluding hydrogens is 240 g/mol. The third-order valence-electron chi connectivity index (χ3n) is 3.50. The molecule has 0 spiro atoms. The van der Waals surface area contributed by atoms with E-state index in [2.05, 4.69) is 37.3 Å². The molecule has 18 heavy (non-hydrogen) atoms. The molecule has 1 aliphatic rings. The van der Waals surface area contributed by atoms with Gasteiger partial charge in [-0.3, -0.25) is 0 Å². The minimum absolute atomic E-state index is 0.468. The Labute approximate surface area is 115 Å². The quantitative estimate of drug-likeness (QED) is 0.675. The van der Waals surface area contributed by atoms with Crippen LogP contribution in [0.1, 0.15) is 45.4 Å². The van der Waals surface area contributed by atoms with Gasteiger partial charge in [0.2, 0.25) is 0 Å². The predicted octanol–water partition coefficient (Wildman–Crippen LogP) is 4.91. The first-order valence-corrected chi connectivity index (χ1v) is 8.11. The molecular formula is C16H24OS. The molecule has 1 saturated heterocycles. The molecule has 2 atom stereocenters. The van der Waals surface area contributed by atoms with E-state index in [0.29, 0.717) is 11.4 Å². The largest absolute Gasteiger partial charge is 0.377 e. The highest BCUT2D eigenvalue weighted by Gasteiger charge is 2.26. The SMILES string of the molecule is CCCCCC1OCCCC1Sc1ccccc1. The van der Waals surface area contributed by atoms with Gasteiger partial charge in [0.05, 0.1) is 6.10 Å². The van der Waals surface area contributed by atoms with Crippen LogP contribution in [-0.4, -0.2) is 18.0 Å². The van der Waals surface area contributed by atoms with E-state index in [9.17, 15) is 0 Å². The summed E-state index contributed by atoms with van der Waals surface area (Å²) >= 11 is 2.01. The van der Waals surface area contributed by atoms with Gasteiger partial charge in [-0.2, -0.15) is 0 Å². The third kappa shape index (κ3) is 4.33. The fraction of sp³-hybridized carbons (Fsp3) is 0.625. The maximum absolute atomic E-state index is 5.99. The Morgan fingerprint density at radius 2 is 2.06 bits per heavy atom. The first kappa shape index (κ1) is 14.0. The van der Waals surface area contributed by atoms with Gasteiger partial charge in [0.1, 0.15) is 0 Å². The zero-order valence-corrected chi connectivity index (χ0v) is 12.1. The molecule has 0 N–H and O–H groups in total. The predicted molar refractivity (Wildman–Crippen MR) is 79.2 cm³/mol. The van der Waals surface area contributed by atoms with Gasteiger partial charge in [-0.1, -0.05) is 44.4 Å². The van der Waals surface area contributed by atoms with Gasteiger partial charge >= 0.3 is 0 Å². The number of hydrogen-bond donors (Lipinski definition) is 0. The Kier molecular flexibility index (Phi) is 6.09. The van der Waals surface area contributed by atoms with Crippen LogP contribution in [0, 0.1) is 0 Å². The van der Waals surface area contributed by atoms with Crippen LogP contribution in [0.15, 0.2) is 35.2 Å². The lowest BCUT2D eigenvalue weighted by Gasteiger charge is -2.31. The molecule has 0 saturated carbocycles. The second-order valence-corrected chi connectivity index (χ2v) is 6.33. The molecule has 1 aromatic carbocycles. The smallest absolute Gasteiger partial charge is 0.0697 e. The molecule has 2 unspecified atom stereocenters. The van der Waals surface area contributed by atoms with Crippen molar-refractivity contribution in [2.24, 2.45) is 0 Å². The summed E-state index contributed by atoms with van der Waals surface area (Å²) in [6.07, 6.45) is 8.16. The number of thioether (sulfide) groups is 1. The first-order chi connectivity index (χ1) is 8.90. The third-order valence-corrected chi connectivity index (χ3v) is 4.89. The Hall–Kier alpha value is -0.470. The number of ether oxygens (including phenoxy) is 1.